The highest BCUT2D eigenvalue weighted by atomic mass is 16.5. The number of nitrogens with one attached hydrogen (secondary N) is 1. The maximum Gasteiger partial charge on any atom is 0.327 e. The Morgan fingerprint density at radius 3 is 2.48 bits per heavy atom. The first-order valence-electron chi connectivity index (χ1n) is 7.82. The smallest absolute Gasteiger partial charge is 0.327 e. The summed E-state index contributed by atoms with van der Waals surface area (Å²) in [4.78, 5) is 11.8. The molecule has 2 rings (SSSR count). The number of ether oxygens (including phenoxy) is 1. The van der Waals surface area contributed by atoms with Gasteiger partial charge >= 0.3 is 5.97 Å². The number of carboxylic acid groups (broad SMARTS) is 1. The molecular weight excluding hydrogens is 266 g/mol. The van der Waals surface area contributed by atoms with Crippen LogP contribution in [0, 0.1) is 5.92 Å². The van der Waals surface area contributed by atoms with E-state index in [-0.39, 0.29) is 12.5 Å². The average Bonchev–Trinajstić information content (AvgIpc) is 3.33. The molecule has 21 heavy (non-hydrogen) atoms. The Kier molecular flexibility index (Phi) is 5.23. The van der Waals surface area contributed by atoms with Crippen LogP contribution in [0.1, 0.15) is 38.7 Å². The van der Waals surface area contributed by atoms with Crippen LogP contribution >= 0.6 is 0 Å². The van der Waals surface area contributed by atoms with E-state index in [2.05, 4.69) is 12.2 Å². The van der Waals surface area contributed by atoms with E-state index >= 15 is 0 Å². The Bertz CT molecular complexity index is 467. The van der Waals surface area contributed by atoms with Crippen LogP contribution in [-0.2, 0) is 11.2 Å². The predicted molar refractivity (Wildman–Crippen MR) is 82.7 cm³/mol. The largest absolute Gasteiger partial charge is 0.491 e. The van der Waals surface area contributed by atoms with E-state index in [0.29, 0.717) is 6.54 Å². The van der Waals surface area contributed by atoms with Crippen molar-refractivity contribution in [2.45, 2.75) is 45.1 Å². The van der Waals surface area contributed by atoms with Crippen molar-refractivity contribution in [1.82, 2.24) is 5.32 Å². The maximum absolute atomic E-state index is 11.8. The quantitative estimate of drug-likeness (QED) is 0.734. The van der Waals surface area contributed by atoms with Crippen LogP contribution in [0.25, 0.3) is 0 Å². The molecule has 4 heteroatoms. The molecule has 1 aromatic rings. The summed E-state index contributed by atoms with van der Waals surface area (Å²) in [7, 11) is 0. The summed E-state index contributed by atoms with van der Waals surface area (Å²) in [6.45, 7) is 5.02. The molecule has 0 radical (unpaired) electrons. The van der Waals surface area contributed by atoms with Gasteiger partial charge in [-0.15, -0.1) is 0 Å². The minimum absolute atomic E-state index is 0.177. The summed E-state index contributed by atoms with van der Waals surface area (Å²) in [5, 5.41) is 12.9. The molecule has 0 bridgehead atoms. The fraction of sp³-hybridized carbons (Fsp3) is 0.588. The predicted octanol–water partition coefficient (Wildman–Crippen LogP) is 2.86. The minimum atomic E-state index is -0.945. The van der Waals surface area contributed by atoms with E-state index in [4.69, 9.17) is 4.74 Å². The van der Waals surface area contributed by atoms with E-state index in [9.17, 15) is 9.90 Å². The molecule has 0 aromatic heterocycles. The van der Waals surface area contributed by atoms with Crippen LogP contribution in [0.4, 0.5) is 0 Å². The van der Waals surface area contributed by atoms with Crippen molar-refractivity contribution in [3.63, 3.8) is 0 Å². The van der Waals surface area contributed by atoms with E-state index in [1.807, 2.05) is 31.2 Å². The molecule has 0 spiro atoms. The lowest BCUT2D eigenvalue weighted by atomic mass is 9.94. The van der Waals surface area contributed by atoms with Gasteiger partial charge in [0.05, 0.1) is 0 Å². The van der Waals surface area contributed by atoms with E-state index < -0.39 is 11.5 Å². The van der Waals surface area contributed by atoms with Crippen molar-refractivity contribution in [2.24, 2.45) is 5.92 Å². The molecule has 116 valence electrons. The Labute approximate surface area is 126 Å². The number of carboxylic acids is 1. The Morgan fingerprint density at radius 1 is 1.33 bits per heavy atom. The molecule has 1 fully saturated rings. The van der Waals surface area contributed by atoms with Crippen molar-refractivity contribution in [2.75, 3.05) is 13.2 Å². The van der Waals surface area contributed by atoms with Crippen LogP contribution in [0.2, 0.25) is 0 Å². The van der Waals surface area contributed by atoms with E-state index in [1.54, 1.807) is 0 Å². The van der Waals surface area contributed by atoms with Crippen LogP contribution < -0.4 is 10.1 Å². The van der Waals surface area contributed by atoms with Gasteiger partial charge in [0.1, 0.15) is 12.4 Å². The monoisotopic (exact) mass is 291 g/mol. The number of hydrogen-bond donors (Lipinski definition) is 2. The summed E-state index contributed by atoms with van der Waals surface area (Å²) >= 11 is 0. The van der Waals surface area contributed by atoms with Crippen LogP contribution in [-0.4, -0.2) is 29.8 Å². The van der Waals surface area contributed by atoms with Crippen LogP contribution in [0.5, 0.6) is 5.75 Å². The molecule has 1 atom stereocenters. The highest BCUT2D eigenvalue weighted by Crippen LogP contribution is 2.40. The second-order valence-electron chi connectivity index (χ2n) is 5.76. The summed E-state index contributed by atoms with van der Waals surface area (Å²) in [6, 6.07) is 7.87. The Hall–Kier alpha value is -1.55. The molecule has 1 aliphatic carbocycles. The highest BCUT2D eigenvalue weighted by Gasteiger charge is 2.51. The molecule has 1 saturated carbocycles. The molecule has 0 heterocycles. The molecule has 1 aliphatic rings. The maximum atomic E-state index is 11.8. The normalized spacial score (nSPS) is 17.2. The SMILES string of the molecule is CCCNC(COc1ccc(CC)cc1)(C(=O)O)C1CC1. The van der Waals surface area contributed by atoms with Gasteiger partial charge in [-0.05, 0) is 55.8 Å². The Morgan fingerprint density at radius 2 is 2.00 bits per heavy atom. The van der Waals surface area contributed by atoms with Crippen LogP contribution in [0.15, 0.2) is 24.3 Å². The Balaban J connectivity index is 2.05. The second kappa shape index (κ2) is 6.94. The number of aliphatic carboxylic acids is 1. The van der Waals surface area contributed by atoms with Crippen LogP contribution in [0.3, 0.4) is 0 Å². The molecule has 1 aromatic carbocycles. The van der Waals surface area contributed by atoms with Gasteiger partial charge in [0.25, 0.3) is 0 Å². The highest BCUT2D eigenvalue weighted by molar-refractivity contribution is 5.80. The first-order chi connectivity index (χ1) is 10.1. The van der Waals surface area contributed by atoms with Crippen molar-refractivity contribution in [3.05, 3.63) is 29.8 Å². The fourth-order valence-corrected chi connectivity index (χ4v) is 2.57. The number of aryl methyl sites for hydroxylation is 1. The summed E-state index contributed by atoms with van der Waals surface area (Å²) < 4.78 is 5.79. The third-order valence-electron chi connectivity index (χ3n) is 4.14. The molecule has 2 N–H and O–H groups in total. The first-order valence-corrected chi connectivity index (χ1v) is 7.82. The first kappa shape index (κ1) is 15.8. The van der Waals surface area contributed by atoms with Gasteiger partial charge < -0.3 is 9.84 Å². The summed E-state index contributed by atoms with van der Waals surface area (Å²) in [6.07, 6.45) is 3.81. The van der Waals surface area contributed by atoms with Crippen molar-refractivity contribution in [3.8, 4) is 5.75 Å². The minimum Gasteiger partial charge on any atom is -0.491 e. The lowest BCUT2D eigenvalue weighted by Gasteiger charge is -2.30. The zero-order valence-electron chi connectivity index (χ0n) is 12.9. The molecule has 4 nitrogen and oxygen atoms in total. The van der Waals surface area contributed by atoms with Gasteiger partial charge in [0.2, 0.25) is 0 Å². The van der Waals surface area contributed by atoms with E-state index in [1.165, 1.54) is 5.56 Å². The number of hydrogen-bond acceptors (Lipinski definition) is 3. The summed E-state index contributed by atoms with van der Waals surface area (Å²) in [5.74, 6) is 0.108. The van der Waals surface area contributed by atoms with Gasteiger partial charge in [0.15, 0.2) is 5.54 Å². The van der Waals surface area contributed by atoms with Crippen molar-refractivity contribution < 1.29 is 14.6 Å². The lowest BCUT2D eigenvalue weighted by molar-refractivity contribution is -0.147. The van der Waals surface area contributed by atoms with Gasteiger partial charge in [-0.25, -0.2) is 0 Å². The zero-order valence-corrected chi connectivity index (χ0v) is 12.9. The number of benzene rings is 1. The average molecular weight is 291 g/mol. The lowest BCUT2D eigenvalue weighted by Crippen LogP contribution is -2.58. The van der Waals surface area contributed by atoms with Crippen molar-refractivity contribution >= 4 is 5.97 Å². The fourth-order valence-electron chi connectivity index (χ4n) is 2.57. The van der Waals surface area contributed by atoms with Crippen molar-refractivity contribution in [1.29, 1.82) is 0 Å². The van der Waals surface area contributed by atoms with Gasteiger partial charge in [-0.2, -0.15) is 0 Å². The molecule has 1 unspecified atom stereocenters. The summed E-state index contributed by atoms with van der Waals surface area (Å²) in [5.41, 5.74) is 0.303. The molecule has 0 saturated heterocycles. The zero-order chi connectivity index (χ0) is 15.3. The van der Waals surface area contributed by atoms with Gasteiger partial charge in [-0.3, -0.25) is 10.1 Å². The van der Waals surface area contributed by atoms with Gasteiger partial charge in [-0.1, -0.05) is 26.0 Å². The molecule has 0 aliphatic heterocycles. The molecular formula is C17H25NO3. The standard InChI is InChI=1S/C17H25NO3/c1-3-11-18-17(16(19)20,14-7-8-14)12-21-15-9-5-13(4-2)6-10-15/h5-6,9-10,14,18H,3-4,7-8,11-12H2,1-2H3,(H,19,20). The third kappa shape index (κ3) is 3.76. The molecule has 0 amide bonds. The third-order valence-corrected chi connectivity index (χ3v) is 4.14. The number of carbonyl (C=O) groups is 1. The van der Waals surface area contributed by atoms with E-state index in [0.717, 1.165) is 31.4 Å². The topological polar surface area (TPSA) is 58.6 Å². The second-order valence-corrected chi connectivity index (χ2v) is 5.76. The van der Waals surface area contributed by atoms with Gasteiger partial charge in [0, 0.05) is 0 Å². The number of rotatable bonds is 9.